The van der Waals surface area contributed by atoms with Crippen molar-refractivity contribution in [2.45, 2.75) is 19.4 Å². The molecule has 3 aromatic rings. The number of amides is 2. The minimum Gasteiger partial charge on any atom is -0.494 e. The Hall–Kier alpha value is -3.07. The molecule has 30 heavy (non-hydrogen) atoms. The summed E-state index contributed by atoms with van der Waals surface area (Å²) in [7, 11) is 3.41. The lowest BCUT2D eigenvalue weighted by molar-refractivity contribution is 0.197. The Morgan fingerprint density at radius 3 is 2.90 bits per heavy atom. The number of aryl methyl sites for hydroxylation is 1. The minimum atomic E-state index is -0.192. The highest BCUT2D eigenvalue weighted by atomic mass is 35.5. The summed E-state index contributed by atoms with van der Waals surface area (Å²) in [4.78, 5) is 25.6. The van der Waals surface area contributed by atoms with Gasteiger partial charge in [0, 0.05) is 38.9 Å². The zero-order valence-electron chi connectivity index (χ0n) is 17.2. The van der Waals surface area contributed by atoms with E-state index in [0.717, 1.165) is 29.7 Å². The number of hydrogen-bond acceptors (Lipinski definition) is 6. The predicted molar refractivity (Wildman–Crippen MR) is 116 cm³/mol. The van der Waals surface area contributed by atoms with Gasteiger partial charge in [-0.1, -0.05) is 18.5 Å². The van der Waals surface area contributed by atoms with Crippen LogP contribution in [0.2, 0.25) is 5.15 Å². The predicted octanol–water partition coefficient (Wildman–Crippen LogP) is 3.16. The van der Waals surface area contributed by atoms with Gasteiger partial charge in [-0.25, -0.2) is 14.8 Å². The van der Waals surface area contributed by atoms with E-state index in [1.165, 1.54) is 7.11 Å². The van der Waals surface area contributed by atoms with Crippen LogP contribution in [0.3, 0.4) is 0 Å². The van der Waals surface area contributed by atoms with Crippen molar-refractivity contribution in [3.8, 4) is 5.75 Å². The third-order valence-corrected chi connectivity index (χ3v) is 5.70. The Bertz CT molecular complexity index is 1070. The monoisotopic (exact) mass is 429 g/mol. The Morgan fingerprint density at radius 1 is 1.33 bits per heavy atom. The summed E-state index contributed by atoms with van der Waals surface area (Å²) in [6, 6.07) is 5.36. The summed E-state index contributed by atoms with van der Waals surface area (Å²) in [6.45, 7) is 4.05. The van der Waals surface area contributed by atoms with Gasteiger partial charge >= 0.3 is 6.03 Å². The molecule has 3 aromatic heterocycles. The van der Waals surface area contributed by atoms with Crippen LogP contribution < -0.4 is 15.0 Å². The molecule has 4 rings (SSSR count). The second kappa shape index (κ2) is 8.35. The molecule has 0 spiro atoms. The fourth-order valence-corrected chi connectivity index (χ4v) is 4.05. The molecule has 1 fully saturated rings. The van der Waals surface area contributed by atoms with Gasteiger partial charge in [0.2, 0.25) is 0 Å². The number of fused-ring (bicyclic) bond motifs is 1. The van der Waals surface area contributed by atoms with Crippen molar-refractivity contribution in [2.24, 2.45) is 7.05 Å². The van der Waals surface area contributed by atoms with Crippen LogP contribution in [0.1, 0.15) is 13.3 Å². The number of nitrogens with zero attached hydrogens (tertiary/aromatic N) is 6. The number of methoxy groups -OCH3 is 1. The molecular weight excluding hydrogens is 406 g/mol. The number of piperazine rings is 1. The second-order valence-corrected chi connectivity index (χ2v) is 7.51. The Labute approximate surface area is 179 Å². The van der Waals surface area contributed by atoms with Gasteiger partial charge in [0.25, 0.3) is 0 Å². The van der Waals surface area contributed by atoms with Gasteiger partial charge in [-0.05, 0) is 24.6 Å². The highest BCUT2D eigenvalue weighted by Gasteiger charge is 2.30. The van der Waals surface area contributed by atoms with Gasteiger partial charge in [-0.15, -0.1) is 0 Å². The fraction of sp³-hybridized carbons (Fsp3) is 0.400. The van der Waals surface area contributed by atoms with E-state index in [1.807, 2.05) is 30.4 Å². The Kier molecular flexibility index (Phi) is 5.63. The van der Waals surface area contributed by atoms with Crippen LogP contribution in [0.25, 0.3) is 11.0 Å². The smallest absolute Gasteiger partial charge is 0.323 e. The molecule has 1 unspecified atom stereocenters. The van der Waals surface area contributed by atoms with Gasteiger partial charge in [-0.2, -0.15) is 5.10 Å². The fourth-order valence-electron chi connectivity index (χ4n) is 3.82. The second-order valence-electron chi connectivity index (χ2n) is 7.16. The number of aromatic nitrogens is 4. The van der Waals surface area contributed by atoms with E-state index in [2.05, 4.69) is 32.2 Å². The lowest BCUT2D eigenvalue weighted by atomic mass is 10.1. The number of carbonyl (C=O) groups excluding carboxylic acids is 1. The maximum atomic E-state index is 12.8. The molecule has 158 valence electrons. The first-order chi connectivity index (χ1) is 14.5. The summed E-state index contributed by atoms with van der Waals surface area (Å²) in [6.07, 6.45) is 4.56. The Balaban J connectivity index is 1.49. The number of rotatable bonds is 4. The van der Waals surface area contributed by atoms with E-state index < -0.39 is 0 Å². The van der Waals surface area contributed by atoms with Crippen LogP contribution >= 0.6 is 11.6 Å². The van der Waals surface area contributed by atoms with Crippen molar-refractivity contribution in [1.29, 1.82) is 0 Å². The molecule has 2 amide bonds. The van der Waals surface area contributed by atoms with Gasteiger partial charge in [0.05, 0.1) is 24.4 Å². The Morgan fingerprint density at radius 2 is 2.17 bits per heavy atom. The first-order valence-corrected chi connectivity index (χ1v) is 10.2. The summed E-state index contributed by atoms with van der Waals surface area (Å²) < 4.78 is 6.88. The van der Waals surface area contributed by atoms with Crippen molar-refractivity contribution in [3.63, 3.8) is 0 Å². The number of halogens is 1. The standard InChI is InChI=1S/C20H24ClN7O2/c1-4-13-12-27(20(29)25-17-6-5-16(30-3)18(21)24-17)9-10-28(13)15-7-8-22-19-14(15)11-23-26(19)2/h5-8,11,13H,4,9-10,12H2,1-3H3,(H,24,25,29). The maximum Gasteiger partial charge on any atom is 0.323 e. The van der Waals surface area contributed by atoms with Crippen LogP contribution in [0.5, 0.6) is 5.75 Å². The van der Waals surface area contributed by atoms with E-state index in [1.54, 1.807) is 16.8 Å². The largest absolute Gasteiger partial charge is 0.494 e. The third kappa shape index (κ3) is 3.72. The van der Waals surface area contributed by atoms with Crippen molar-refractivity contribution in [1.82, 2.24) is 24.6 Å². The zero-order valence-corrected chi connectivity index (χ0v) is 17.9. The zero-order chi connectivity index (χ0) is 21.3. The lowest BCUT2D eigenvalue weighted by Gasteiger charge is -2.42. The number of urea groups is 1. The number of ether oxygens (including phenoxy) is 1. The molecular formula is C20H24ClN7O2. The van der Waals surface area contributed by atoms with Crippen LogP contribution in [-0.2, 0) is 7.05 Å². The van der Waals surface area contributed by atoms with Crippen molar-refractivity contribution >= 4 is 40.2 Å². The van der Waals surface area contributed by atoms with Crippen molar-refractivity contribution in [2.75, 3.05) is 37.0 Å². The molecule has 0 aromatic carbocycles. The summed E-state index contributed by atoms with van der Waals surface area (Å²) in [5, 5.41) is 8.40. The third-order valence-electron chi connectivity index (χ3n) is 5.43. The van der Waals surface area contributed by atoms with Gasteiger partial charge in [-0.3, -0.25) is 10.00 Å². The molecule has 10 heteroatoms. The average Bonchev–Trinajstić information content (AvgIpc) is 3.14. The van der Waals surface area contributed by atoms with E-state index in [4.69, 9.17) is 16.3 Å². The number of pyridine rings is 2. The SMILES string of the molecule is CCC1CN(C(=O)Nc2ccc(OC)c(Cl)n2)CCN1c1ccnc2c1cnn2C. The van der Waals surface area contributed by atoms with Gasteiger partial charge in [0.15, 0.2) is 16.5 Å². The quantitative estimate of drug-likeness (QED) is 0.641. The molecule has 0 bridgehead atoms. The molecule has 0 aliphatic carbocycles. The number of hydrogen-bond donors (Lipinski definition) is 1. The van der Waals surface area contributed by atoms with E-state index in [9.17, 15) is 4.79 Å². The highest BCUT2D eigenvalue weighted by Crippen LogP contribution is 2.29. The number of anilines is 2. The minimum absolute atomic E-state index is 0.183. The first-order valence-electron chi connectivity index (χ1n) is 9.81. The summed E-state index contributed by atoms with van der Waals surface area (Å²) in [5.74, 6) is 0.862. The maximum absolute atomic E-state index is 12.8. The van der Waals surface area contributed by atoms with Crippen molar-refractivity contribution in [3.05, 3.63) is 35.7 Å². The van der Waals surface area contributed by atoms with Gasteiger partial charge < -0.3 is 14.5 Å². The molecule has 0 saturated carbocycles. The molecule has 9 nitrogen and oxygen atoms in total. The van der Waals surface area contributed by atoms with E-state index >= 15 is 0 Å². The van der Waals surface area contributed by atoms with E-state index in [0.29, 0.717) is 24.7 Å². The molecule has 1 aliphatic heterocycles. The normalized spacial score (nSPS) is 16.7. The summed E-state index contributed by atoms with van der Waals surface area (Å²) in [5.41, 5.74) is 1.95. The molecule has 1 aliphatic rings. The van der Waals surface area contributed by atoms with Gasteiger partial charge in [0.1, 0.15) is 5.82 Å². The average molecular weight is 430 g/mol. The van der Waals surface area contributed by atoms with E-state index in [-0.39, 0.29) is 17.2 Å². The topological polar surface area (TPSA) is 88.4 Å². The van der Waals surface area contributed by atoms with Crippen LogP contribution in [-0.4, -0.2) is 63.5 Å². The lowest BCUT2D eigenvalue weighted by Crippen LogP contribution is -2.55. The molecule has 1 saturated heterocycles. The molecule has 1 N–H and O–H groups in total. The number of carbonyl (C=O) groups is 1. The molecule has 1 atom stereocenters. The molecule has 0 radical (unpaired) electrons. The number of nitrogens with one attached hydrogen (secondary N) is 1. The summed E-state index contributed by atoms with van der Waals surface area (Å²) >= 11 is 6.06. The highest BCUT2D eigenvalue weighted by molar-refractivity contribution is 6.31. The molecule has 4 heterocycles. The first kappa shape index (κ1) is 20.2. The van der Waals surface area contributed by atoms with Crippen molar-refractivity contribution < 1.29 is 9.53 Å². The van der Waals surface area contributed by atoms with Crippen LogP contribution in [0, 0.1) is 0 Å². The van der Waals surface area contributed by atoms with Crippen LogP contribution in [0.4, 0.5) is 16.3 Å². The van der Waals surface area contributed by atoms with Crippen LogP contribution in [0.15, 0.2) is 30.6 Å².